The molecule has 16 heavy (non-hydrogen) atoms. The van der Waals surface area contributed by atoms with E-state index in [-0.39, 0.29) is 30.5 Å². The molecule has 1 amide bonds. The van der Waals surface area contributed by atoms with Gasteiger partial charge in [-0.3, -0.25) is 4.79 Å². The average molecular weight is 251 g/mol. The highest BCUT2D eigenvalue weighted by Gasteiger charge is 2.31. The van der Waals surface area contributed by atoms with Crippen LogP contribution in [0.1, 0.15) is 12.8 Å². The third kappa shape index (κ3) is 3.07. The highest BCUT2D eigenvalue weighted by atomic mass is 35.5. The normalized spacial score (nSPS) is 29.9. The van der Waals surface area contributed by atoms with Gasteiger partial charge >= 0.3 is 0 Å². The van der Waals surface area contributed by atoms with Gasteiger partial charge < -0.3 is 20.1 Å². The Kier molecular flexibility index (Phi) is 5.48. The molecule has 0 spiro atoms. The lowest BCUT2D eigenvalue weighted by molar-refractivity contribution is -0.148. The maximum atomic E-state index is 12.0. The summed E-state index contributed by atoms with van der Waals surface area (Å²) in [5.41, 5.74) is 5.52. The summed E-state index contributed by atoms with van der Waals surface area (Å²) >= 11 is 0. The van der Waals surface area contributed by atoms with Crippen molar-refractivity contribution in [2.75, 3.05) is 32.8 Å². The number of hydrogen-bond acceptors (Lipinski definition) is 4. The lowest BCUT2D eigenvalue weighted by Gasteiger charge is -2.33. The summed E-state index contributed by atoms with van der Waals surface area (Å²) in [4.78, 5) is 13.8. The van der Waals surface area contributed by atoms with Gasteiger partial charge in [0.15, 0.2) is 0 Å². The smallest absolute Gasteiger partial charge is 0.251 e. The number of hydrogen-bond donors (Lipinski definition) is 1. The number of rotatable bonds is 2. The first-order valence-corrected chi connectivity index (χ1v) is 5.53. The molecule has 94 valence electrons. The van der Waals surface area contributed by atoms with Gasteiger partial charge in [-0.2, -0.15) is 0 Å². The average Bonchev–Trinajstić information content (AvgIpc) is 2.81. The van der Waals surface area contributed by atoms with Crippen LogP contribution in [0.25, 0.3) is 0 Å². The first-order chi connectivity index (χ1) is 7.31. The van der Waals surface area contributed by atoms with E-state index in [1.54, 1.807) is 0 Å². The zero-order valence-electron chi connectivity index (χ0n) is 9.26. The van der Waals surface area contributed by atoms with Gasteiger partial charge in [0.05, 0.1) is 12.7 Å². The molecule has 2 N–H and O–H groups in total. The number of nitrogens with zero attached hydrogens (tertiary/aromatic N) is 1. The van der Waals surface area contributed by atoms with Crippen molar-refractivity contribution < 1.29 is 14.3 Å². The molecule has 0 bridgehead atoms. The van der Waals surface area contributed by atoms with Crippen molar-refractivity contribution >= 4 is 18.3 Å². The Bertz CT molecular complexity index is 234. The third-order valence-corrected chi connectivity index (χ3v) is 2.92. The van der Waals surface area contributed by atoms with E-state index in [9.17, 15) is 4.79 Å². The Hall–Kier alpha value is -0.360. The van der Waals surface area contributed by atoms with Crippen molar-refractivity contribution in [3.8, 4) is 0 Å². The van der Waals surface area contributed by atoms with E-state index >= 15 is 0 Å². The van der Waals surface area contributed by atoms with E-state index in [1.807, 2.05) is 4.90 Å². The maximum Gasteiger partial charge on any atom is 0.251 e. The molecular formula is C10H19ClN2O3. The molecule has 2 unspecified atom stereocenters. The Labute approximate surface area is 102 Å². The van der Waals surface area contributed by atoms with Crippen molar-refractivity contribution in [1.82, 2.24) is 4.90 Å². The number of carbonyl (C=O) groups is 1. The second-order valence-electron chi connectivity index (χ2n) is 4.01. The van der Waals surface area contributed by atoms with Crippen molar-refractivity contribution in [3.05, 3.63) is 0 Å². The van der Waals surface area contributed by atoms with Gasteiger partial charge in [-0.1, -0.05) is 0 Å². The molecule has 6 heteroatoms. The van der Waals surface area contributed by atoms with E-state index in [0.717, 1.165) is 12.8 Å². The van der Waals surface area contributed by atoms with Crippen LogP contribution in [0.2, 0.25) is 0 Å². The largest absolute Gasteiger partial charge is 0.373 e. The van der Waals surface area contributed by atoms with Crippen LogP contribution in [-0.2, 0) is 14.3 Å². The summed E-state index contributed by atoms with van der Waals surface area (Å²) in [5.74, 6) is 0.106. The first-order valence-electron chi connectivity index (χ1n) is 5.53. The summed E-state index contributed by atoms with van der Waals surface area (Å²) in [7, 11) is 0. The maximum absolute atomic E-state index is 12.0. The monoisotopic (exact) mass is 250 g/mol. The molecular weight excluding hydrogens is 232 g/mol. The second kappa shape index (κ2) is 6.39. The van der Waals surface area contributed by atoms with E-state index in [0.29, 0.717) is 32.8 Å². The summed E-state index contributed by atoms with van der Waals surface area (Å²) in [6, 6.07) is 0. The third-order valence-electron chi connectivity index (χ3n) is 2.92. The zero-order chi connectivity index (χ0) is 10.7. The molecule has 2 fully saturated rings. The quantitative estimate of drug-likeness (QED) is 0.736. The number of ether oxygens (including phenoxy) is 2. The molecule has 2 rings (SSSR count). The Morgan fingerprint density at radius 3 is 2.81 bits per heavy atom. The van der Waals surface area contributed by atoms with Crippen molar-refractivity contribution in [1.29, 1.82) is 0 Å². The fourth-order valence-electron chi connectivity index (χ4n) is 2.04. The van der Waals surface area contributed by atoms with Gasteiger partial charge in [-0.15, -0.1) is 12.4 Å². The number of nitrogens with two attached hydrogens (primary N) is 1. The Morgan fingerprint density at radius 1 is 1.38 bits per heavy atom. The molecule has 0 saturated carbocycles. The highest BCUT2D eigenvalue weighted by molar-refractivity contribution is 5.85. The topological polar surface area (TPSA) is 64.8 Å². The SMILES string of the molecule is Cl.NCC1CN(C(=O)C2CCCO2)CCO1. The molecule has 2 saturated heterocycles. The number of amides is 1. The van der Waals surface area contributed by atoms with E-state index in [1.165, 1.54) is 0 Å². The molecule has 2 heterocycles. The number of halogens is 1. The van der Waals surface area contributed by atoms with Crippen molar-refractivity contribution in [3.63, 3.8) is 0 Å². The molecule has 0 radical (unpaired) electrons. The molecule has 5 nitrogen and oxygen atoms in total. The summed E-state index contributed by atoms with van der Waals surface area (Å²) in [5, 5.41) is 0. The van der Waals surface area contributed by atoms with Crippen LogP contribution in [0.4, 0.5) is 0 Å². The first kappa shape index (κ1) is 13.7. The number of carbonyl (C=O) groups excluding carboxylic acids is 1. The summed E-state index contributed by atoms with van der Waals surface area (Å²) < 4.78 is 10.8. The van der Waals surface area contributed by atoms with Crippen LogP contribution >= 0.6 is 12.4 Å². The molecule has 2 atom stereocenters. The van der Waals surface area contributed by atoms with Crippen LogP contribution in [0, 0.1) is 0 Å². The lowest BCUT2D eigenvalue weighted by Crippen LogP contribution is -2.51. The van der Waals surface area contributed by atoms with Gasteiger partial charge in [0, 0.05) is 26.2 Å². The van der Waals surface area contributed by atoms with Crippen LogP contribution < -0.4 is 5.73 Å². The van der Waals surface area contributed by atoms with Crippen LogP contribution in [0.15, 0.2) is 0 Å². The minimum Gasteiger partial charge on any atom is -0.373 e. The van der Waals surface area contributed by atoms with Gasteiger partial charge in [0.1, 0.15) is 6.10 Å². The molecule has 2 aliphatic rings. The summed E-state index contributed by atoms with van der Waals surface area (Å²) in [6.45, 7) is 3.03. The van der Waals surface area contributed by atoms with Crippen LogP contribution in [-0.4, -0.2) is 55.9 Å². The number of morpholine rings is 1. The van der Waals surface area contributed by atoms with Crippen LogP contribution in [0.5, 0.6) is 0 Å². The standard InChI is InChI=1S/C10H18N2O3.ClH/c11-6-8-7-12(3-5-14-8)10(13)9-2-1-4-15-9;/h8-9H,1-7,11H2;1H. The van der Waals surface area contributed by atoms with Gasteiger partial charge in [0.25, 0.3) is 5.91 Å². The molecule has 0 aliphatic carbocycles. The van der Waals surface area contributed by atoms with Crippen molar-refractivity contribution in [2.45, 2.75) is 25.0 Å². The predicted octanol–water partition coefficient (Wildman–Crippen LogP) is -0.227. The zero-order valence-corrected chi connectivity index (χ0v) is 10.1. The molecule has 0 aromatic heterocycles. The fraction of sp³-hybridized carbons (Fsp3) is 0.900. The van der Waals surface area contributed by atoms with Gasteiger partial charge in [-0.25, -0.2) is 0 Å². The predicted molar refractivity (Wildman–Crippen MR) is 61.6 cm³/mol. The highest BCUT2D eigenvalue weighted by Crippen LogP contribution is 2.16. The van der Waals surface area contributed by atoms with E-state index in [2.05, 4.69) is 0 Å². The molecule has 0 aromatic rings. The minimum absolute atomic E-state index is 0. The van der Waals surface area contributed by atoms with E-state index < -0.39 is 0 Å². The fourth-order valence-corrected chi connectivity index (χ4v) is 2.04. The molecule has 2 aliphatic heterocycles. The van der Waals surface area contributed by atoms with Gasteiger partial charge in [0.2, 0.25) is 0 Å². The van der Waals surface area contributed by atoms with Gasteiger partial charge in [-0.05, 0) is 12.8 Å². The Balaban J connectivity index is 0.00000128. The second-order valence-corrected chi connectivity index (χ2v) is 4.01. The lowest BCUT2D eigenvalue weighted by atomic mass is 10.2. The van der Waals surface area contributed by atoms with Crippen LogP contribution in [0.3, 0.4) is 0 Å². The summed E-state index contributed by atoms with van der Waals surface area (Å²) in [6.07, 6.45) is 1.61. The van der Waals surface area contributed by atoms with E-state index in [4.69, 9.17) is 15.2 Å². The Morgan fingerprint density at radius 2 is 2.19 bits per heavy atom. The minimum atomic E-state index is -0.221. The molecule has 0 aromatic carbocycles. The van der Waals surface area contributed by atoms with Crippen molar-refractivity contribution in [2.24, 2.45) is 5.73 Å².